The summed E-state index contributed by atoms with van der Waals surface area (Å²) >= 11 is 6.53. The molecule has 0 N–H and O–H groups in total. The highest BCUT2D eigenvalue weighted by Gasteiger charge is 2.21. The van der Waals surface area contributed by atoms with Gasteiger partial charge in [0.1, 0.15) is 5.69 Å². The largest absolute Gasteiger partial charge is 0.459 e. The monoisotopic (exact) mass is 325 g/mol. The van der Waals surface area contributed by atoms with Crippen LogP contribution in [0.4, 0.5) is 5.69 Å². The van der Waals surface area contributed by atoms with Crippen LogP contribution in [0.2, 0.25) is 5.15 Å². The third-order valence-corrected chi connectivity index (χ3v) is 3.51. The molecule has 0 saturated heterocycles. The van der Waals surface area contributed by atoms with E-state index < -0.39 is 0 Å². The van der Waals surface area contributed by atoms with Gasteiger partial charge in [0.15, 0.2) is 5.15 Å². The molecule has 0 unspecified atom stereocenters. The molecule has 0 radical (unpaired) electrons. The second-order valence-corrected chi connectivity index (χ2v) is 5.17. The SMILES string of the molecule is CCN(C(=O)CC[S+]=O)c1cn(-c2cccnc2)nc1Cl. The van der Waals surface area contributed by atoms with Gasteiger partial charge in [0, 0.05) is 17.0 Å². The van der Waals surface area contributed by atoms with Gasteiger partial charge in [-0.25, -0.2) is 4.68 Å². The number of carbonyl (C=O) groups is 1. The van der Waals surface area contributed by atoms with Crippen LogP contribution < -0.4 is 4.90 Å². The number of carbonyl (C=O) groups excluding carboxylic acids is 1. The van der Waals surface area contributed by atoms with E-state index in [0.717, 1.165) is 5.69 Å². The van der Waals surface area contributed by atoms with Crippen molar-refractivity contribution in [1.29, 1.82) is 0 Å². The Bertz CT molecular complexity index is 632. The van der Waals surface area contributed by atoms with Crippen LogP contribution in [-0.4, -0.2) is 33.0 Å². The van der Waals surface area contributed by atoms with Crippen LogP contribution in [0, 0.1) is 0 Å². The molecule has 110 valence electrons. The molecule has 0 aromatic carbocycles. The van der Waals surface area contributed by atoms with Gasteiger partial charge in [-0.3, -0.25) is 9.78 Å². The molecule has 2 heterocycles. The Morgan fingerprint density at radius 2 is 2.33 bits per heavy atom. The highest BCUT2D eigenvalue weighted by molar-refractivity contribution is 7.65. The lowest BCUT2D eigenvalue weighted by atomic mass is 10.3. The molecule has 0 aliphatic rings. The molecule has 21 heavy (non-hydrogen) atoms. The maximum absolute atomic E-state index is 12.1. The number of pyridine rings is 1. The summed E-state index contributed by atoms with van der Waals surface area (Å²) in [6, 6.07) is 3.63. The summed E-state index contributed by atoms with van der Waals surface area (Å²) in [5.41, 5.74) is 1.29. The average Bonchev–Trinajstić information content (AvgIpc) is 2.89. The van der Waals surface area contributed by atoms with Gasteiger partial charge < -0.3 is 4.90 Å². The number of hydrogen-bond acceptors (Lipinski definition) is 4. The van der Waals surface area contributed by atoms with Gasteiger partial charge in [-0.2, -0.15) is 5.10 Å². The number of halogens is 1. The van der Waals surface area contributed by atoms with Gasteiger partial charge in [-0.05, 0) is 19.1 Å². The molecule has 2 aromatic heterocycles. The maximum Gasteiger partial charge on any atom is 0.459 e. The first-order valence-electron chi connectivity index (χ1n) is 6.38. The van der Waals surface area contributed by atoms with Crippen LogP contribution in [0.5, 0.6) is 0 Å². The summed E-state index contributed by atoms with van der Waals surface area (Å²) in [5, 5.41) is 4.43. The average molecular weight is 326 g/mol. The molecule has 0 bridgehead atoms. The smallest absolute Gasteiger partial charge is 0.308 e. The molecular weight excluding hydrogens is 312 g/mol. The van der Waals surface area contributed by atoms with Crippen molar-refractivity contribution in [2.24, 2.45) is 0 Å². The molecule has 2 rings (SSSR count). The fourth-order valence-electron chi connectivity index (χ4n) is 1.89. The Kier molecular flexibility index (Phi) is 5.35. The first-order chi connectivity index (χ1) is 10.2. The maximum atomic E-state index is 12.1. The van der Waals surface area contributed by atoms with E-state index in [-0.39, 0.29) is 23.2 Å². The number of nitrogens with zero attached hydrogens (tertiary/aromatic N) is 4. The molecule has 0 spiro atoms. The van der Waals surface area contributed by atoms with E-state index >= 15 is 0 Å². The molecule has 0 aliphatic carbocycles. The van der Waals surface area contributed by atoms with Crippen molar-refractivity contribution >= 4 is 34.9 Å². The van der Waals surface area contributed by atoms with Crippen molar-refractivity contribution in [1.82, 2.24) is 14.8 Å². The van der Waals surface area contributed by atoms with Gasteiger partial charge in [-0.15, -0.1) is 0 Å². The van der Waals surface area contributed by atoms with E-state index in [1.54, 1.807) is 29.3 Å². The number of aromatic nitrogens is 3. The number of rotatable bonds is 6. The lowest BCUT2D eigenvalue weighted by molar-refractivity contribution is -0.118. The topological polar surface area (TPSA) is 68.1 Å². The van der Waals surface area contributed by atoms with Crippen molar-refractivity contribution in [2.75, 3.05) is 17.2 Å². The molecule has 0 atom stereocenters. The summed E-state index contributed by atoms with van der Waals surface area (Å²) in [5.74, 6) is 0.0949. The minimum absolute atomic E-state index is 0.145. The number of hydrogen-bond donors (Lipinski definition) is 0. The van der Waals surface area contributed by atoms with Crippen molar-refractivity contribution in [3.63, 3.8) is 0 Å². The Labute approximate surface area is 131 Å². The standard InChI is InChI=1S/C13H14ClN4O2S/c1-2-17(12(19)5-7-21-20)11-9-18(16-13(11)14)10-4-3-6-15-8-10/h3-4,6,8-9H,2,5,7H2,1H3/q+1. The summed E-state index contributed by atoms with van der Waals surface area (Å²) in [7, 11) is 0. The first kappa shape index (κ1) is 15.5. The zero-order chi connectivity index (χ0) is 15.2. The number of amides is 1. The molecular formula is C13H14ClN4O2S+. The zero-order valence-electron chi connectivity index (χ0n) is 11.4. The minimum atomic E-state index is -0.145. The van der Waals surface area contributed by atoms with E-state index in [9.17, 15) is 9.00 Å². The highest BCUT2D eigenvalue weighted by Crippen LogP contribution is 2.26. The fraction of sp³-hybridized carbons (Fsp3) is 0.308. The van der Waals surface area contributed by atoms with E-state index in [2.05, 4.69) is 10.1 Å². The molecule has 0 saturated carbocycles. The minimum Gasteiger partial charge on any atom is -0.308 e. The van der Waals surface area contributed by atoms with Crippen LogP contribution >= 0.6 is 11.6 Å². The molecule has 0 aliphatic heterocycles. The van der Waals surface area contributed by atoms with E-state index in [1.165, 1.54) is 4.90 Å². The first-order valence-corrected chi connectivity index (χ1v) is 7.67. The second-order valence-electron chi connectivity index (χ2n) is 4.17. The summed E-state index contributed by atoms with van der Waals surface area (Å²) < 4.78 is 12.0. The van der Waals surface area contributed by atoms with Gasteiger partial charge in [0.2, 0.25) is 11.7 Å². The van der Waals surface area contributed by atoms with Crippen molar-refractivity contribution in [2.45, 2.75) is 13.3 Å². The summed E-state index contributed by atoms with van der Waals surface area (Å²) in [6.45, 7) is 2.31. The quantitative estimate of drug-likeness (QED) is 0.763. The van der Waals surface area contributed by atoms with Gasteiger partial charge in [0.25, 0.3) is 0 Å². The lowest BCUT2D eigenvalue weighted by Crippen LogP contribution is -2.31. The lowest BCUT2D eigenvalue weighted by Gasteiger charge is -2.18. The number of anilines is 1. The molecule has 0 fully saturated rings. The van der Waals surface area contributed by atoms with Crippen molar-refractivity contribution < 1.29 is 9.00 Å². The van der Waals surface area contributed by atoms with Crippen LogP contribution in [-0.2, 0) is 20.7 Å². The van der Waals surface area contributed by atoms with E-state index in [4.69, 9.17) is 11.6 Å². The third kappa shape index (κ3) is 3.62. The van der Waals surface area contributed by atoms with Crippen LogP contribution in [0.25, 0.3) is 5.69 Å². The predicted octanol–water partition coefficient (Wildman–Crippen LogP) is 2.09. The van der Waals surface area contributed by atoms with Crippen molar-refractivity contribution in [3.05, 3.63) is 35.9 Å². The van der Waals surface area contributed by atoms with Crippen LogP contribution in [0.3, 0.4) is 0 Å². The Balaban J connectivity index is 2.28. The van der Waals surface area contributed by atoms with E-state index in [1.807, 2.05) is 13.0 Å². The van der Waals surface area contributed by atoms with Crippen LogP contribution in [0.15, 0.2) is 30.7 Å². The van der Waals surface area contributed by atoms with Gasteiger partial charge >= 0.3 is 11.7 Å². The normalized spacial score (nSPS) is 10.4. The van der Waals surface area contributed by atoms with Gasteiger partial charge in [-0.1, -0.05) is 11.6 Å². The van der Waals surface area contributed by atoms with Gasteiger partial charge in [0.05, 0.1) is 24.5 Å². The molecule has 8 heteroatoms. The summed E-state index contributed by atoms with van der Waals surface area (Å²) in [6.07, 6.45) is 5.18. The third-order valence-electron chi connectivity index (χ3n) is 2.87. The fourth-order valence-corrected chi connectivity index (χ4v) is 2.38. The predicted molar refractivity (Wildman–Crippen MR) is 81.9 cm³/mol. The Hall–Kier alpha value is -1.86. The Morgan fingerprint density at radius 3 is 2.95 bits per heavy atom. The van der Waals surface area contributed by atoms with Crippen molar-refractivity contribution in [3.8, 4) is 5.69 Å². The molecule has 2 aromatic rings. The van der Waals surface area contributed by atoms with Crippen LogP contribution in [0.1, 0.15) is 13.3 Å². The van der Waals surface area contributed by atoms with E-state index in [0.29, 0.717) is 23.9 Å². The Morgan fingerprint density at radius 1 is 1.52 bits per heavy atom. The second kappa shape index (κ2) is 7.24. The highest BCUT2D eigenvalue weighted by atomic mass is 35.5. The summed E-state index contributed by atoms with van der Waals surface area (Å²) in [4.78, 5) is 17.6. The molecule has 1 amide bonds. The molecule has 6 nitrogen and oxygen atoms in total. The zero-order valence-corrected chi connectivity index (χ0v) is 13.0.